The van der Waals surface area contributed by atoms with Gasteiger partial charge in [0.2, 0.25) is 0 Å². The number of para-hydroxylation sites is 1. The molecule has 31 heavy (non-hydrogen) atoms. The van der Waals surface area contributed by atoms with Crippen molar-refractivity contribution in [3.63, 3.8) is 0 Å². The van der Waals surface area contributed by atoms with Gasteiger partial charge in [-0.15, -0.1) is 0 Å². The standard InChI is InChI=1S/C27H29NO3/c1-27(2,3)31-26(29)28-23-18-20-14-10-11-17-22(20)24(23)25(19-12-6-4-7-13-19)30-21-15-8-5-9-16-21/h4-17,23-25H,18H2,1-3H3,(H,28,29). The molecule has 4 heteroatoms. The fourth-order valence-corrected chi connectivity index (χ4v) is 4.24. The molecule has 4 rings (SSSR count). The van der Waals surface area contributed by atoms with Crippen LogP contribution >= 0.6 is 0 Å². The molecule has 0 aliphatic heterocycles. The highest BCUT2D eigenvalue weighted by atomic mass is 16.6. The first-order valence-electron chi connectivity index (χ1n) is 10.7. The Morgan fingerprint density at radius 3 is 2.19 bits per heavy atom. The third kappa shape index (κ3) is 5.08. The van der Waals surface area contributed by atoms with Crippen molar-refractivity contribution < 1.29 is 14.3 Å². The number of hydrogen-bond donors (Lipinski definition) is 1. The minimum absolute atomic E-state index is 0.0497. The first kappa shape index (κ1) is 21.0. The second-order valence-electron chi connectivity index (χ2n) is 8.94. The van der Waals surface area contributed by atoms with Crippen LogP contribution in [0, 0.1) is 0 Å². The van der Waals surface area contributed by atoms with Crippen LogP contribution in [0.25, 0.3) is 0 Å². The lowest BCUT2D eigenvalue weighted by molar-refractivity contribution is 0.0479. The fourth-order valence-electron chi connectivity index (χ4n) is 4.24. The molecule has 0 radical (unpaired) electrons. The first-order chi connectivity index (χ1) is 14.9. The van der Waals surface area contributed by atoms with E-state index in [2.05, 4.69) is 29.6 Å². The van der Waals surface area contributed by atoms with Crippen molar-refractivity contribution in [3.05, 3.63) is 102 Å². The monoisotopic (exact) mass is 415 g/mol. The molecule has 160 valence electrons. The number of carbonyl (C=O) groups is 1. The van der Waals surface area contributed by atoms with Crippen molar-refractivity contribution in [3.8, 4) is 5.75 Å². The number of carbonyl (C=O) groups excluding carboxylic acids is 1. The molecule has 0 saturated heterocycles. The maximum Gasteiger partial charge on any atom is 0.407 e. The Bertz CT molecular complexity index is 1010. The molecular weight excluding hydrogens is 386 g/mol. The van der Waals surface area contributed by atoms with E-state index in [1.54, 1.807) is 0 Å². The summed E-state index contributed by atoms with van der Waals surface area (Å²) in [7, 11) is 0. The van der Waals surface area contributed by atoms with Crippen LogP contribution in [-0.4, -0.2) is 17.7 Å². The summed E-state index contributed by atoms with van der Waals surface area (Å²) < 4.78 is 12.1. The molecule has 0 aromatic heterocycles. The molecule has 3 atom stereocenters. The van der Waals surface area contributed by atoms with Gasteiger partial charge in [-0.3, -0.25) is 0 Å². The topological polar surface area (TPSA) is 47.6 Å². The predicted molar refractivity (Wildman–Crippen MR) is 122 cm³/mol. The number of fused-ring (bicyclic) bond motifs is 1. The Kier molecular flexibility index (Phi) is 5.99. The molecule has 3 aromatic carbocycles. The van der Waals surface area contributed by atoms with Crippen molar-refractivity contribution >= 4 is 6.09 Å². The van der Waals surface area contributed by atoms with Crippen LogP contribution in [0.15, 0.2) is 84.9 Å². The van der Waals surface area contributed by atoms with Gasteiger partial charge in [0.05, 0.1) is 0 Å². The number of alkyl carbamates (subject to hydrolysis) is 1. The van der Waals surface area contributed by atoms with E-state index in [1.165, 1.54) is 11.1 Å². The van der Waals surface area contributed by atoms with Gasteiger partial charge in [0, 0.05) is 12.0 Å². The van der Waals surface area contributed by atoms with E-state index in [0.29, 0.717) is 0 Å². The van der Waals surface area contributed by atoms with E-state index in [1.807, 2.05) is 81.4 Å². The average Bonchev–Trinajstić information content (AvgIpc) is 3.09. The highest BCUT2D eigenvalue weighted by molar-refractivity contribution is 5.69. The third-order valence-electron chi connectivity index (χ3n) is 5.45. The summed E-state index contributed by atoms with van der Waals surface area (Å²) in [5.74, 6) is 0.753. The zero-order valence-electron chi connectivity index (χ0n) is 18.2. The summed E-state index contributed by atoms with van der Waals surface area (Å²) in [5.41, 5.74) is 2.95. The maximum atomic E-state index is 12.7. The highest BCUT2D eigenvalue weighted by Gasteiger charge is 2.41. The van der Waals surface area contributed by atoms with Gasteiger partial charge >= 0.3 is 6.09 Å². The van der Waals surface area contributed by atoms with E-state index >= 15 is 0 Å². The fraction of sp³-hybridized carbons (Fsp3) is 0.296. The van der Waals surface area contributed by atoms with Crippen LogP contribution in [0.1, 0.15) is 49.5 Å². The Hall–Kier alpha value is -3.27. The largest absolute Gasteiger partial charge is 0.485 e. The lowest BCUT2D eigenvalue weighted by atomic mass is 9.87. The van der Waals surface area contributed by atoms with Gasteiger partial charge in [-0.05, 0) is 56.0 Å². The summed E-state index contributed by atoms with van der Waals surface area (Å²) in [5, 5.41) is 3.13. The summed E-state index contributed by atoms with van der Waals surface area (Å²) in [6, 6.07) is 28.3. The minimum atomic E-state index is -0.551. The maximum absolute atomic E-state index is 12.7. The predicted octanol–water partition coefficient (Wildman–Crippen LogP) is 6.04. The van der Waals surface area contributed by atoms with Gasteiger partial charge in [0.25, 0.3) is 0 Å². The van der Waals surface area contributed by atoms with Crippen molar-refractivity contribution in [2.24, 2.45) is 0 Å². The summed E-state index contributed by atoms with van der Waals surface area (Å²) in [6.07, 6.45) is 0.0793. The van der Waals surface area contributed by atoms with Crippen molar-refractivity contribution in [1.29, 1.82) is 0 Å². The molecule has 0 bridgehead atoms. The molecule has 0 heterocycles. The van der Waals surface area contributed by atoms with Crippen molar-refractivity contribution in [2.75, 3.05) is 0 Å². The van der Waals surface area contributed by atoms with Crippen LogP contribution in [0.3, 0.4) is 0 Å². The molecule has 1 aliphatic carbocycles. The Morgan fingerprint density at radius 1 is 0.903 bits per heavy atom. The molecule has 0 fully saturated rings. The average molecular weight is 416 g/mol. The SMILES string of the molecule is CC(C)(C)OC(=O)NC1Cc2ccccc2C1C(Oc1ccccc1)c1ccccc1. The van der Waals surface area contributed by atoms with E-state index in [4.69, 9.17) is 9.47 Å². The van der Waals surface area contributed by atoms with Crippen LogP contribution in [0.2, 0.25) is 0 Å². The van der Waals surface area contributed by atoms with Crippen LogP contribution < -0.4 is 10.1 Å². The molecule has 3 aromatic rings. The number of ether oxygens (including phenoxy) is 2. The Labute approximate surface area is 184 Å². The number of amides is 1. The van der Waals surface area contributed by atoms with Gasteiger partial charge in [-0.2, -0.15) is 0 Å². The van der Waals surface area contributed by atoms with E-state index in [-0.39, 0.29) is 18.1 Å². The Morgan fingerprint density at radius 2 is 1.52 bits per heavy atom. The minimum Gasteiger partial charge on any atom is -0.485 e. The van der Waals surface area contributed by atoms with Gasteiger partial charge in [-0.1, -0.05) is 72.8 Å². The molecular formula is C27H29NO3. The summed E-state index contributed by atoms with van der Waals surface area (Å²) in [4.78, 5) is 12.7. The smallest absolute Gasteiger partial charge is 0.407 e. The lowest BCUT2D eigenvalue weighted by Crippen LogP contribution is -2.43. The second-order valence-corrected chi connectivity index (χ2v) is 8.94. The zero-order valence-corrected chi connectivity index (χ0v) is 18.2. The van der Waals surface area contributed by atoms with Crippen LogP contribution in [-0.2, 0) is 11.2 Å². The van der Waals surface area contributed by atoms with Crippen LogP contribution in [0.4, 0.5) is 4.79 Å². The number of rotatable bonds is 5. The summed E-state index contributed by atoms with van der Waals surface area (Å²) in [6.45, 7) is 5.62. The van der Waals surface area contributed by atoms with Gasteiger partial charge < -0.3 is 14.8 Å². The van der Waals surface area contributed by atoms with E-state index in [9.17, 15) is 4.79 Å². The molecule has 4 nitrogen and oxygen atoms in total. The molecule has 1 amide bonds. The number of benzene rings is 3. The van der Waals surface area contributed by atoms with Gasteiger partial charge in [0.1, 0.15) is 17.5 Å². The zero-order chi connectivity index (χ0) is 21.8. The molecule has 0 spiro atoms. The lowest BCUT2D eigenvalue weighted by Gasteiger charge is -2.31. The quantitative estimate of drug-likeness (QED) is 0.553. The second kappa shape index (κ2) is 8.84. The molecule has 1 aliphatic rings. The number of hydrogen-bond acceptors (Lipinski definition) is 3. The van der Waals surface area contributed by atoms with Gasteiger partial charge in [0.15, 0.2) is 0 Å². The van der Waals surface area contributed by atoms with Crippen LogP contribution in [0.5, 0.6) is 5.75 Å². The first-order valence-corrected chi connectivity index (χ1v) is 10.7. The number of nitrogens with one attached hydrogen (secondary N) is 1. The van der Waals surface area contributed by atoms with E-state index < -0.39 is 11.7 Å². The van der Waals surface area contributed by atoms with E-state index in [0.717, 1.165) is 17.7 Å². The highest BCUT2D eigenvalue weighted by Crippen LogP contribution is 2.44. The van der Waals surface area contributed by atoms with Crippen molar-refractivity contribution in [2.45, 2.75) is 50.9 Å². The third-order valence-corrected chi connectivity index (χ3v) is 5.45. The molecule has 0 saturated carbocycles. The van der Waals surface area contributed by atoms with Gasteiger partial charge in [-0.25, -0.2) is 4.79 Å². The molecule has 3 unspecified atom stereocenters. The summed E-state index contributed by atoms with van der Waals surface area (Å²) >= 11 is 0. The molecule has 1 N–H and O–H groups in total. The van der Waals surface area contributed by atoms with Crippen molar-refractivity contribution in [1.82, 2.24) is 5.32 Å². The normalized spacial score (nSPS) is 18.7. The Balaban J connectivity index is 1.71.